The third-order valence-electron chi connectivity index (χ3n) is 3.45. The van der Waals surface area contributed by atoms with Gasteiger partial charge in [-0.25, -0.2) is 9.97 Å². The van der Waals surface area contributed by atoms with E-state index in [9.17, 15) is 4.79 Å². The molecule has 6 heteroatoms. The van der Waals surface area contributed by atoms with Crippen molar-refractivity contribution in [3.05, 3.63) is 47.4 Å². The van der Waals surface area contributed by atoms with Gasteiger partial charge in [-0.05, 0) is 31.4 Å². The topological polar surface area (TPSA) is 76.1 Å². The van der Waals surface area contributed by atoms with Crippen LogP contribution in [0.4, 0.5) is 11.5 Å². The molecule has 0 aliphatic carbocycles. The van der Waals surface area contributed by atoms with E-state index in [1.807, 2.05) is 32.0 Å². The Balaban J connectivity index is 2.05. The number of hydrogen-bond acceptors (Lipinski definition) is 5. The van der Waals surface area contributed by atoms with Crippen molar-refractivity contribution < 1.29 is 9.53 Å². The number of aromatic nitrogens is 2. The second kappa shape index (κ2) is 8.24. The molecule has 0 saturated carbocycles. The summed E-state index contributed by atoms with van der Waals surface area (Å²) in [4.78, 5) is 20.6. The summed E-state index contributed by atoms with van der Waals surface area (Å²) in [6.45, 7) is 5.33. The third-order valence-corrected chi connectivity index (χ3v) is 3.45. The Kier molecular flexibility index (Phi) is 6.05. The lowest BCUT2D eigenvalue weighted by atomic mass is 10.1. The highest BCUT2D eigenvalue weighted by Gasteiger charge is 2.11. The Hall–Kier alpha value is -2.47. The molecule has 0 atom stereocenters. The molecule has 122 valence electrons. The first kappa shape index (κ1) is 16.9. The summed E-state index contributed by atoms with van der Waals surface area (Å²) in [5, 5.41) is 6.07. The highest BCUT2D eigenvalue weighted by Crippen LogP contribution is 2.20. The lowest BCUT2D eigenvalue weighted by Crippen LogP contribution is -2.16. The number of anilines is 2. The predicted octanol–water partition coefficient (Wildman–Crippen LogP) is 2.79. The molecule has 23 heavy (non-hydrogen) atoms. The number of para-hydroxylation sites is 1. The van der Waals surface area contributed by atoms with Crippen LogP contribution in [0.1, 0.15) is 28.0 Å². The van der Waals surface area contributed by atoms with Crippen molar-refractivity contribution in [1.29, 1.82) is 0 Å². The molecule has 1 heterocycles. The van der Waals surface area contributed by atoms with Crippen molar-refractivity contribution in [3.8, 4) is 0 Å². The fourth-order valence-electron chi connectivity index (χ4n) is 2.20. The molecule has 0 radical (unpaired) electrons. The molecule has 0 bridgehead atoms. The van der Waals surface area contributed by atoms with Gasteiger partial charge in [-0.3, -0.25) is 4.79 Å². The van der Waals surface area contributed by atoms with Gasteiger partial charge in [0.2, 0.25) is 0 Å². The van der Waals surface area contributed by atoms with Crippen LogP contribution in [0.3, 0.4) is 0 Å². The highest BCUT2D eigenvalue weighted by atomic mass is 16.5. The molecule has 0 aliphatic heterocycles. The van der Waals surface area contributed by atoms with Gasteiger partial charge in [-0.15, -0.1) is 0 Å². The fraction of sp³-hybridized carbons (Fsp3) is 0.353. The van der Waals surface area contributed by atoms with Gasteiger partial charge in [0.15, 0.2) is 0 Å². The van der Waals surface area contributed by atoms with Gasteiger partial charge in [0.05, 0.1) is 0 Å². The van der Waals surface area contributed by atoms with Crippen LogP contribution in [0.15, 0.2) is 30.6 Å². The van der Waals surface area contributed by atoms with Gasteiger partial charge in [0, 0.05) is 32.0 Å². The van der Waals surface area contributed by atoms with E-state index in [0.717, 1.165) is 29.8 Å². The minimum absolute atomic E-state index is 0.246. The quantitative estimate of drug-likeness (QED) is 0.769. The molecule has 2 rings (SSSR count). The Morgan fingerprint density at radius 1 is 1.22 bits per heavy atom. The number of rotatable bonds is 7. The van der Waals surface area contributed by atoms with Gasteiger partial charge in [0.1, 0.15) is 17.8 Å². The number of nitrogens with zero attached hydrogens (tertiary/aromatic N) is 2. The third kappa shape index (κ3) is 4.75. The van der Waals surface area contributed by atoms with Crippen LogP contribution in [0.2, 0.25) is 0 Å². The Morgan fingerprint density at radius 2 is 1.96 bits per heavy atom. The largest absolute Gasteiger partial charge is 0.385 e. The molecule has 0 saturated heterocycles. The van der Waals surface area contributed by atoms with E-state index in [1.54, 1.807) is 13.2 Å². The highest BCUT2D eigenvalue weighted by molar-refractivity contribution is 6.04. The maximum Gasteiger partial charge on any atom is 0.274 e. The molecular weight excluding hydrogens is 292 g/mol. The van der Waals surface area contributed by atoms with E-state index >= 15 is 0 Å². The molecule has 0 aliphatic rings. The van der Waals surface area contributed by atoms with Crippen LogP contribution in [0.5, 0.6) is 0 Å². The summed E-state index contributed by atoms with van der Waals surface area (Å²) in [5.74, 6) is 0.382. The zero-order valence-electron chi connectivity index (χ0n) is 13.7. The number of nitrogens with one attached hydrogen (secondary N) is 2. The Morgan fingerprint density at radius 3 is 2.65 bits per heavy atom. The van der Waals surface area contributed by atoms with E-state index in [2.05, 4.69) is 20.6 Å². The van der Waals surface area contributed by atoms with Crippen molar-refractivity contribution in [2.75, 3.05) is 30.9 Å². The monoisotopic (exact) mass is 314 g/mol. The number of ether oxygens (including phenoxy) is 1. The molecule has 2 N–H and O–H groups in total. The summed E-state index contributed by atoms with van der Waals surface area (Å²) in [7, 11) is 1.67. The predicted molar refractivity (Wildman–Crippen MR) is 90.9 cm³/mol. The lowest BCUT2D eigenvalue weighted by Gasteiger charge is -2.11. The molecular formula is C17H22N4O2. The summed E-state index contributed by atoms with van der Waals surface area (Å²) in [5.41, 5.74) is 3.19. The second-order valence-corrected chi connectivity index (χ2v) is 5.28. The van der Waals surface area contributed by atoms with Crippen molar-refractivity contribution in [2.45, 2.75) is 20.3 Å². The van der Waals surface area contributed by atoms with Crippen LogP contribution in [-0.4, -0.2) is 36.1 Å². The number of hydrogen-bond donors (Lipinski definition) is 2. The van der Waals surface area contributed by atoms with Crippen LogP contribution < -0.4 is 10.6 Å². The summed E-state index contributed by atoms with van der Waals surface area (Å²) in [6, 6.07) is 7.54. The molecule has 1 aromatic carbocycles. The first-order chi connectivity index (χ1) is 11.1. The summed E-state index contributed by atoms with van der Waals surface area (Å²) >= 11 is 0. The minimum atomic E-state index is -0.246. The van der Waals surface area contributed by atoms with E-state index in [-0.39, 0.29) is 5.91 Å². The molecule has 1 aromatic heterocycles. The fourth-order valence-corrected chi connectivity index (χ4v) is 2.20. The maximum absolute atomic E-state index is 12.4. The van der Waals surface area contributed by atoms with Gasteiger partial charge in [-0.1, -0.05) is 18.2 Å². The SMILES string of the molecule is COCCCNc1cc(C(=O)Nc2c(C)cccc2C)ncn1. The number of aryl methyl sites for hydroxylation is 2. The molecule has 0 unspecified atom stereocenters. The number of amides is 1. The number of carbonyl (C=O) groups excluding carboxylic acids is 1. The van der Waals surface area contributed by atoms with Crippen molar-refractivity contribution in [2.24, 2.45) is 0 Å². The molecule has 6 nitrogen and oxygen atoms in total. The molecule has 1 amide bonds. The number of methoxy groups -OCH3 is 1. The second-order valence-electron chi connectivity index (χ2n) is 5.28. The minimum Gasteiger partial charge on any atom is -0.385 e. The average molecular weight is 314 g/mol. The standard InChI is InChI=1S/C17H22N4O2/c1-12-6-4-7-13(2)16(12)21-17(22)14-10-15(20-11-19-14)18-8-5-9-23-3/h4,6-7,10-11H,5,8-9H2,1-3H3,(H,21,22)(H,18,19,20). The van der Waals surface area contributed by atoms with Crippen LogP contribution in [0, 0.1) is 13.8 Å². The zero-order valence-corrected chi connectivity index (χ0v) is 13.7. The van der Waals surface area contributed by atoms with Gasteiger partial charge in [-0.2, -0.15) is 0 Å². The Bertz CT molecular complexity index is 653. The number of carbonyl (C=O) groups is 1. The van der Waals surface area contributed by atoms with Crippen LogP contribution in [-0.2, 0) is 4.74 Å². The normalized spacial score (nSPS) is 10.4. The van der Waals surface area contributed by atoms with Gasteiger partial charge in [0.25, 0.3) is 5.91 Å². The van der Waals surface area contributed by atoms with Crippen molar-refractivity contribution >= 4 is 17.4 Å². The lowest BCUT2D eigenvalue weighted by molar-refractivity contribution is 0.102. The van der Waals surface area contributed by atoms with E-state index in [0.29, 0.717) is 18.1 Å². The smallest absolute Gasteiger partial charge is 0.274 e. The number of benzene rings is 1. The van der Waals surface area contributed by atoms with E-state index in [4.69, 9.17) is 4.74 Å². The summed E-state index contributed by atoms with van der Waals surface area (Å²) < 4.78 is 4.99. The average Bonchev–Trinajstić information content (AvgIpc) is 2.55. The zero-order chi connectivity index (χ0) is 16.7. The molecule has 0 spiro atoms. The van der Waals surface area contributed by atoms with E-state index < -0.39 is 0 Å². The Labute approximate surface area is 136 Å². The van der Waals surface area contributed by atoms with Gasteiger partial charge >= 0.3 is 0 Å². The molecule has 0 fully saturated rings. The van der Waals surface area contributed by atoms with Crippen LogP contribution >= 0.6 is 0 Å². The first-order valence-corrected chi connectivity index (χ1v) is 7.54. The maximum atomic E-state index is 12.4. The van der Waals surface area contributed by atoms with Crippen LogP contribution in [0.25, 0.3) is 0 Å². The summed E-state index contributed by atoms with van der Waals surface area (Å²) in [6.07, 6.45) is 2.25. The molecule has 2 aromatic rings. The van der Waals surface area contributed by atoms with Gasteiger partial charge < -0.3 is 15.4 Å². The first-order valence-electron chi connectivity index (χ1n) is 7.54. The van der Waals surface area contributed by atoms with E-state index in [1.165, 1.54) is 6.33 Å². The van der Waals surface area contributed by atoms with Crippen molar-refractivity contribution in [3.63, 3.8) is 0 Å². The van der Waals surface area contributed by atoms with Crippen molar-refractivity contribution in [1.82, 2.24) is 9.97 Å².